The molecule has 0 aromatic heterocycles. The molecule has 4 rings (SSSR count). The number of alkyl halides is 1. The van der Waals surface area contributed by atoms with E-state index >= 15 is 0 Å². The molecule has 120 valence electrons. The monoisotopic (exact) mass is 331 g/mol. The van der Waals surface area contributed by atoms with Crippen LogP contribution in [0.3, 0.4) is 0 Å². The van der Waals surface area contributed by atoms with Gasteiger partial charge < -0.3 is 10.1 Å². The molecule has 0 saturated heterocycles. The number of ether oxygens (including phenoxy) is 1. The Kier molecular flexibility index (Phi) is 3.68. The Morgan fingerprint density at radius 1 is 1.00 bits per heavy atom. The van der Waals surface area contributed by atoms with Crippen LogP contribution in [0.2, 0.25) is 5.02 Å². The van der Waals surface area contributed by atoms with Gasteiger partial charge in [0.15, 0.2) is 0 Å². The summed E-state index contributed by atoms with van der Waals surface area (Å²) < 4.78 is 18.9. The number of hydrogen-bond acceptors (Lipinski definition) is 2. The molecule has 23 heavy (non-hydrogen) atoms. The molecule has 0 radical (unpaired) electrons. The maximum Gasteiger partial charge on any atom is 0.127 e. The largest absolute Gasteiger partial charge is 0.457 e. The molecule has 1 N–H and O–H groups in total. The highest BCUT2D eigenvalue weighted by molar-refractivity contribution is 6.30. The molecule has 2 saturated carbocycles. The molecular formula is C19H19ClFNO. The summed E-state index contributed by atoms with van der Waals surface area (Å²) >= 11 is 5.86. The third kappa shape index (κ3) is 3.16. The van der Waals surface area contributed by atoms with E-state index in [2.05, 4.69) is 5.32 Å². The molecule has 0 aliphatic heterocycles. The standard InChI is InChI=1S/C19H19ClFNO/c20-14-1-5-16(6-2-14)23-17-7-3-15(4-8-17)22-12-13-9-19(10-13)11-18(19)21/h1-8,13,18,22H,9-12H2. The van der Waals surface area contributed by atoms with Crippen LogP contribution in [0.4, 0.5) is 10.1 Å². The van der Waals surface area contributed by atoms with Crippen LogP contribution in [0.15, 0.2) is 48.5 Å². The van der Waals surface area contributed by atoms with Gasteiger partial charge in [-0.2, -0.15) is 0 Å². The lowest BCUT2D eigenvalue weighted by molar-refractivity contribution is 0.144. The van der Waals surface area contributed by atoms with Gasteiger partial charge in [0.25, 0.3) is 0 Å². The average molecular weight is 332 g/mol. The molecule has 1 spiro atoms. The molecule has 0 bridgehead atoms. The van der Waals surface area contributed by atoms with E-state index in [-0.39, 0.29) is 5.41 Å². The third-order valence-electron chi connectivity index (χ3n) is 4.98. The lowest BCUT2D eigenvalue weighted by atomic mass is 9.71. The Balaban J connectivity index is 1.27. The Labute approximate surface area is 140 Å². The average Bonchev–Trinajstić information content (AvgIpc) is 3.19. The Morgan fingerprint density at radius 3 is 2.13 bits per heavy atom. The van der Waals surface area contributed by atoms with E-state index in [4.69, 9.17) is 16.3 Å². The van der Waals surface area contributed by atoms with E-state index in [9.17, 15) is 4.39 Å². The van der Waals surface area contributed by atoms with Gasteiger partial charge in [-0.05, 0) is 73.7 Å². The molecule has 1 atom stereocenters. The fraction of sp³-hybridized carbons (Fsp3) is 0.368. The predicted molar refractivity (Wildman–Crippen MR) is 91.1 cm³/mol. The van der Waals surface area contributed by atoms with Crippen LogP contribution in [0.1, 0.15) is 19.3 Å². The predicted octanol–water partition coefficient (Wildman–Crippen LogP) is 5.68. The zero-order chi connectivity index (χ0) is 15.9. The highest BCUT2D eigenvalue weighted by atomic mass is 35.5. The molecule has 2 aliphatic rings. The number of halogens is 2. The van der Waals surface area contributed by atoms with Crippen molar-refractivity contribution in [2.75, 3.05) is 11.9 Å². The second-order valence-corrected chi connectivity index (χ2v) is 7.21. The van der Waals surface area contributed by atoms with Gasteiger partial charge in [-0.3, -0.25) is 0 Å². The third-order valence-corrected chi connectivity index (χ3v) is 5.23. The van der Waals surface area contributed by atoms with Crippen LogP contribution in [0, 0.1) is 11.3 Å². The second kappa shape index (κ2) is 5.72. The molecule has 2 aromatic carbocycles. The van der Waals surface area contributed by atoms with Crippen LogP contribution in [-0.2, 0) is 0 Å². The van der Waals surface area contributed by atoms with Crippen molar-refractivity contribution in [1.82, 2.24) is 0 Å². The van der Waals surface area contributed by atoms with Crippen molar-refractivity contribution in [2.45, 2.75) is 25.4 Å². The highest BCUT2D eigenvalue weighted by Gasteiger charge is 2.62. The minimum absolute atomic E-state index is 0.0859. The van der Waals surface area contributed by atoms with Gasteiger partial charge in [0.05, 0.1) is 0 Å². The first-order chi connectivity index (χ1) is 11.1. The first-order valence-electron chi connectivity index (χ1n) is 8.04. The smallest absolute Gasteiger partial charge is 0.127 e. The minimum atomic E-state index is -0.525. The van der Waals surface area contributed by atoms with Crippen molar-refractivity contribution >= 4 is 17.3 Å². The number of nitrogens with one attached hydrogen (secondary N) is 1. The molecule has 4 heteroatoms. The lowest BCUT2D eigenvalue weighted by Crippen LogP contribution is -2.32. The highest BCUT2D eigenvalue weighted by Crippen LogP contribution is 2.64. The molecule has 2 aliphatic carbocycles. The quantitative estimate of drug-likeness (QED) is 0.760. The van der Waals surface area contributed by atoms with Crippen LogP contribution in [0.5, 0.6) is 11.5 Å². The van der Waals surface area contributed by atoms with Crippen LogP contribution < -0.4 is 10.1 Å². The summed E-state index contributed by atoms with van der Waals surface area (Å²) in [5, 5.41) is 4.12. The zero-order valence-electron chi connectivity index (χ0n) is 12.8. The molecule has 2 aromatic rings. The maximum absolute atomic E-state index is 13.2. The molecule has 2 fully saturated rings. The van der Waals surface area contributed by atoms with Crippen LogP contribution in [-0.4, -0.2) is 12.7 Å². The first-order valence-corrected chi connectivity index (χ1v) is 8.42. The van der Waals surface area contributed by atoms with Crippen molar-refractivity contribution in [2.24, 2.45) is 11.3 Å². The first kappa shape index (κ1) is 14.8. The van der Waals surface area contributed by atoms with E-state index in [1.165, 1.54) is 0 Å². The van der Waals surface area contributed by atoms with Gasteiger partial charge in [-0.1, -0.05) is 11.6 Å². The normalized spacial score (nSPS) is 28.3. The Hall–Kier alpha value is -1.74. The van der Waals surface area contributed by atoms with Gasteiger partial charge in [-0.15, -0.1) is 0 Å². The molecule has 2 nitrogen and oxygen atoms in total. The van der Waals surface area contributed by atoms with Crippen molar-refractivity contribution in [1.29, 1.82) is 0 Å². The van der Waals surface area contributed by atoms with Gasteiger partial charge >= 0.3 is 0 Å². The lowest BCUT2D eigenvalue weighted by Gasteiger charge is -2.36. The number of hydrogen-bond donors (Lipinski definition) is 1. The number of anilines is 1. The summed E-state index contributed by atoms with van der Waals surface area (Å²) in [5.74, 6) is 2.17. The van der Waals surface area contributed by atoms with E-state index < -0.39 is 6.17 Å². The summed E-state index contributed by atoms with van der Waals surface area (Å²) in [5.41, 5.74) is 1.16. The van der Waals surface area contributed by atoms with Gasteiger partial charge in [0.1, 0.15) is 17.7 Å². The molecule has 0 heterocycles. The topological polar surface area (TPSA) is 21.3 Å². The van der Waals surface area contributed by atoms with Crippen molar-refractivity contribution < 1.29 is 9.13 Å². The fourth-order valence-electron chi connectivity index (χ4n) is 3.50. The summed E-state index contributed by atoms with van der Waals surface area (Å²) in [6.07, 6.45) is 2.35. The van der Waals surface area contributed by atoms with E-state index in [1.807, 2.05) is 36.4 Å². The minimum Gasteiger partial charge on any atom is -0.457 e. The maximum atomic E-state index is 13.2. The van der Waals surface area contributed by atoms with Crippen molar-refractivity contribution in [3.8, 4) is 11.5 Å². The van der Waals surface area contributed by atoms with Crippen molar-refractivity contribution in [3.63, 3.8) is 0 Å². The summed E-state index contributed by atoms with van der Waals surface area (Å²) in [4.78, 5) is 0. The van der Waals surface area contributed by atoms with Crippen LogP contribution in [0.25, 0.3) is 0 Å². The van der Waals surface area contributed by atoms with E-state index in [0.29, 0.717) is 10.9 Å². The molecule has 0 amide bonds. The van der Waals surface area contributed by atoms with Crippen LogP contribution >= 0.6 is 11.6 Å². The van der Waals surface area contributed by atoms with E-state index in [0.717, 1.165) is 43.0 Å². The van der Waals surface area contributed by atoms with E-state index in [1.54, 1.807) is 12.1 Å². The van der Waals surface area contributed by atoms with Crippen molar-refractivity contribution in [3.05, 3.63) is 53.6 Å². The molecular weight excluding hydrogens is 313 g/mol. The van der Waals surface area contributed by atoms with Gasteiger partial charge in [0, 0.05) is 22.7 Å². The molecule has 1 unspecified atom stereocenters. The number of rotatable bonds is 5. The van der Waals surface area contributed by atoms with Gasteiger partial charge in [0.2, 0.25) is 0 Å². The van der Waals surface area contributed by atoms with Gasteiger partial charge in [-0.25, -0.2) is 4.39 Å². The zero-order valence-corrected chi connectivity index (χ0v) is 13.5. The fourth-order valence-corrected chi connectivity index (χ4v) is 3.62. The second-order valence-electron chi connectivity index (χ2n) is 6.77. The SMILES string of the molecule is FC1CC12CC(CNc1ccc(Oc3ccc(Cl)cc3)cc1)C2. The summed E-state index contributed by atoms with van der Waals surface area (Å²) in [6.45, 7) is 0.922. The summed E-state index contributed by atoms with van der Waals surface area (Å²) in [6, 6.07) is 15.2. The Bertz CT molecular complexity index is 680. The summed E-state index contributed by atoms with van der Waals surface area (Å²) in [7, 11) is 0. The number of benzene rings is 2. The Morgan fingerprint density at radius 2 is 1.57 bits per heavy atom.